The average Bonchev–Trinajstić information content (AvgIpc) is 3.66. The molecule has 0 radical (unpaired) electrons. The number of carboxylic acids is 1. The van der Waals surface area contributed by atoms with Crippen LogP contribution in [0.15, 0.2) is 97.3 Å². The Kier molecular flexibility index (Phi) is 10.5. The molecular formula is C36H34F2N4O4. The number of aliphatic carboxylic acids is 1. The molecule has 2 heterocycles. The van der Waals surface area contributed by atoms with Crippen molar-refractivity contribution in [2.45, 2.75) is 45.4 Å². The van der Waals surface area contributed by atoms with Crippen LogP contribution in [0.4, 0.5) is 8.78 Å². The molecule has 0 unspecified atom stereocenters. The third-order valence-corrected chi connectivity index (χ3v) is 7.42. The lowest BCUT2D eigenvalue weighted by Crippen LogP contribution is -2.04. The zero-order chi connectivity index (χ0) is 32.5. The Morgan fingerprint density at radius 3 is 1.59 bits per heavy atom. The van der Waals surface area contributed by atoms with E-state index in [1.807, 2.05) is 37.3 Å². The van der Waals surface area contributed by atoms with E-state index < -0.39 is 5.97 Å². The van der Waals surface area contributed by atoms with Crippen molar-refractivity contribution in [1.29, 1.82) is 0 Å². The Hall–Kier alpha value is -5.38. The van der Waals surface area contributed by atoms with Gasteiger partial charge < -0.3 is 9.84 Å². The minimum Gasteiger partial charge on any atom is -0.481 e. The molecule has 0 atom stereocenters. The lowest BCUT2D eigenvalue weighted by Gasteiger charge is -2.06. The van der Waals surface area contributed by atoms with Crippen molar-refractivity contribution in [2.75, 3.05) is 6.61 Å². The fraction of sp³-hybridized carbons (Fsp3) is 0.222. The molecule has 10 heteroatoms. The van der Waals surface area contributed by atoms with E-state index in [2.05, 4.69) is 16.3 Å². The fourth-order valence-electron chi connectivity index (χ4n) is 5.13. The number of hydrogen-bond donors (Lipinski definition) is 1. The molecule has 4 aromatic carbocycles. The van der Waals surface area contributed by atoms with Gasteiger partial charge in [-0.2, -0.15) is 10.2 Å². The number of rotatable bonds is 11. The SMILES string of the molecule is CCOC(=O)CCCc1ccc2cnn(-c3ccc(F)cc3)c2c1.O=C(O)CCCc1ccc2cnn(-c3ccc(F)cc3)c2c1. The van der Waals surface area contributed by atoms with Gasteiger partial charge in [0.05, 0.1) is 41.4 Å². The van der Waals surface area contributed by atoms with Crippen molar-refractivity contribution in [3.05, 3.63) is 120 Å². The van der Waals surface area contributed by atoms with Crippen LogP contribution in [-0.2, 0) is 27.2 Å². The summed E-state index contributed by atoms with van der Waals surface area (Å²) in [5.74, 6) is -1.49. The molecule has 0 amide bonds. The number of nitrogens with zero attached hydrogens (tertiary/aromatic N) is 4. The number of aromatic nitrogens is 4. The van der Waals surface area contributed by atoms with E-state index in [0.717, 1.165) is 57.1 Å². The number of carbonyl (C=O) groups is 2. The first kappa shape index (κ1) is 32.0. The van der Waals surface area contributed by atoms with Crippen molar-refractivity contribution >= 4 is 33.7 Å². The van der Waals surface area contributed by atoms with Gasteiger partial charge in [0.25, 0.3) is 0 Å². The van der Waals surface area contributed by atoms with Gasteiger partial charge in [0.15, 0.2) is 0 Å². The van der Waals surface area contributed by atoms with E-state index in [1.165, 1.54) is 24.3 Å². The monoisotopic (exact) mass is 624 g/mol. The first-order chi connectivity index (χ1) is 22.3. The number of aryl methyl sites for hydroxylation is 2. The molecule has 0 spiro atoms. The molecular weight excluding hydrogens is 590 g/mol. The van der Waals surface area contributed by atoms with Crippen molar-refractivity contribution in [2.24, 2.45) is 0 Å². The summed E-state index contributed by atoms with van der Waals surface area (Å²) >= 11 is 0. The molecule has 6 aromatic rings. The van der Waals surface area contributed by atoms with E-state index in [1.54, 1.807) is 46.0 Å². The first-order valence-corrected chi connectivity index (χ1v) is 15.1. The predicted octanol–water partition coefficient (Wildman–Crippen LogP) is 7.62. The van der Waals surface area contributed by atoms with E-state index in [9.17, 15) is 18.4 Å². The van der Waals surface area contributed by atoms with Crippen LogP contribution in [-0.4, -0.2) is 43.2 Å². The molecule has 0 aliphatic rings. The third-order valence-electron chi connectivity index (χ3n) is 7.42. The number of fused-ring (bicyclic) bond motifs is 2. The van der Waals surface area contributed by atoms with Crippen molar-refractivity contribution in [1.82, 2.24) is 19.6 Å². The minimum absolute atomic E-state index is 0.157. The maximum Gasteiger partial charge on any atom is 0.305 e. The van der Waals surface area contributed by atoms with Crippen LogP contribution >= 0.6 is 0 Å². The van der Waals surface area contributed by atoms with Crippen LogP contribution in [0, 0.1) is 11.6 Å². The largest absolute Gasteiger partial charge is 0.481 e. The zero-order valence-electron chi connectivity index (χ0n) is 25.4. The van der Waals surface area contributed by atoms with Crippen LogP contribution in [0.2, 0.25) is 0 Å². The van der Waals surface area contributed by atoms with Crippen LogP contribution < -0.4 is 0 Å². The molecule has 1 N–H and O–H groups in total. The summed E-state index contributed by atoms with van der Waals surface area (Å²) in [6.45, 7) is 2.23. The van der Waals surface area contributed by atoms with Gasteiger partial charge in [0.1, 0.15) is 11.6 Å². The molecule has 0 bridgehead atoms. The lowest BCUT2D eigenvalue weighted by atomic mass is 10.1. The number of carboxylic acid groups (broad SMARTS) is 1. The molecule has 8 nitrogen and oxygen atoms in total. The second-order valence-electron chi connectivity index (χ2n) is 10.8. The Labute approximate surface area is 264 Å². The van der Waals surface area contributed by atoms with Crippen molar-refractivity contribution in [3.8, 4) is 11.4 Å². The zero-order valence-corrected chi connectivity index (χ0v) is 25.4. The molecule has 0 saturated carbocycles. The van der Waals surface area contributed by atoms with Gasteiger partial charge in [-0.15, -0.1) is 0 Å². The second kappa shape index (κ2) is 15.1. The standard InChI is InChI=1S/C19H19FN2O2.C17H15FN2O2/c1-2-24-19(23)5-3-4-14-6-7-15-13-21-22(18(15)12-14)17-10-8-16(20)9-11-17;18-14-6-8-15(9-7-14)20-16-10-12(2-1-3-17(21)22)4-5-13(16)11-19-20/h6-13H,2-5H2,1H3;4-11H,1-3H2,(H,21,22). The highest BCUT2D eigenvalue weighted by Crippen LogP contribution is 2.22. The molecule has 236 valence electrons. The van der Waals surface area contributed by atoms with Gasteiger partial charge in [-0.3, -0.25) is 9.59 Å². The number of ether oxygens (including phenoxy) is 1. The van der Waals surface area contributed by atoms with E-state index in [-0.39, 0.29) is 24.0 Å². The Morgan fingerprint density at radius 1 is 0.696 bits per heavy atom. The van der Waals surface area contributed by atoms with E-state index in [4.69, 9.17) is 9.84 Å². The van der Waals surface area contributed by atoms with Crippen LogP contribution in [0.1, 0.15) is 43.7 Å². The van der Waals surface area contributed by atoms with Gasteiger partial charge in [-0.1, -0.05) is 24.3 Å². The lowest BCUT2D eigenvalue weighted by molar-refractivity contribution is -0.143. The average molecular weight is 625 g/mol. The Morgan fingerprint density at radius 2 is 1.15 bits per heavy atom. The molecule has 46 heavy (non-hydrogen) atoms. The smallest absolute Gasteiger partial charge is 0.305 e. The van der Waals surface area contributed by atoms with Gasteiger partial charge >= 0.3 is 11.9 Å². The highest BCUT2D eigenvalue weighted by atomic mass is 19.1. The quantitative estimate of drug-likeness (QED) is 0.149. The highest BCUT2D eigenvalue weighted by molar-refractivity contribution is 5.82. The molecule has 0 saturated heterocycles. The van der Waals surface area contributed by atoms with E-state index >= 15 is 0 Å². The van der Waals surface area contributed by atoms with Gasteiger partial charge in [-0.05, 0) is 104 Å². The fourth-order valence-corrected chi connectivity index (χ4v) is 5.13. The van der Waals surface area contributed by atoms with E-state index in [0.29, 0.717) is 25.9 Å². The third kappa shape index (κ3) is 8.20. The number of benzene rings is 4. The summed E-state index contributed by atoms with van der Waals surface area (Å²) in [5, 5.41) is 19.4. The number of carbonyl (C=O) groups excluding carboxylic acids is 1. The van der Waals surface area contributed by atoms with Gasteiger partial charge in [0, 0.05) is 23.6 Å². The summed E-state index contributed by atoms with van der Waals surface area (Å²) in [5.41, 5.74) is 5.71. The maximum atomic E-state index is 13.1. The molecule has 0 aliphatic heterocycles. The molecule has 6 rings (SSSR count). The summed E-state index contributed by atoms with van der Waals surface area (Å²) < 4.78 is 34.6. The molecule has 0 aliphatic carbocycles. The summed E-state index contributed by atoms with van der Waals surface area (Å²) in [6.07, 6.45) is 6.99. The molecule has 2 aromatic heterocycles. The van der Waals surface area contributed by atoms with Crippen molar-refractivity contribution in [3.63, 3.8) is 0 Å². The maximum absolute atomic E-state index is 13.1. The highest BCUT2D eigenvalue weighted by Gasteiger charge is 2.09. The molecule has 0 fully saturated rings. The van der Waals surface area contributed by atoms with Crippen LogP contribution in [0.5, 0.6) is 0 Å². The van der Waals surface area contributed by atoms with Gasteiger partial charge in [-0.25, -0.2) is 18.1 Å². The van der Waals surface area contributed by atoms with Crippen molar-refractivity contribution < 1.29 is 28.2 Å². The topological polar surface area (TPSA) is 99.2 Å². The number of halogens is 2. The normalized spacial score (nSPS) is 10.9. The van der Waals surface area contributed by atoms with Crippen LogP contribution in [0.25, 0.3) is 33.2 Å². The Bertz CT molecular complexity index is 1930. The first-order valence-electron chi connectivity index (χ1n) is 15.1. The summed E-state index contributed by atoms with van der Waals surface area (Å²) in [7, 11) is 0. The Balaban J connectivity index is 0.000000182. The second-order valence-corrected chi connectivity index (χ2v) is 10.8. The number of esters is 1. The predicted molar refractivity (Wildman–Crippen MR) is 172 cm³/mol. The summed E-state index contributed by atoms with van der Waals surface area (Å²) in [6, 6.07) is 24.5. The van der Waals surface area contributed by atoms with Gasteiger partial charge in [0.2, 0.25) is 0 Å². The number of hydrogen-bond acceptors (Lipinski definition) is 5. The summed E-state index contributed by atoms with van der Waals surface area (Å²) in [4.78, 5) is 22.0. The van der Waals surface area contributed by atoms with Crippen LogP contribution in [0.3, 0.4) is 0 Å². The minimum atomic E-state index is -0.780.